The van der Waals surface area contributed by atoms with Gasteiger partial charge in [-0.1, -0.05) is 59.2 Å². The van der Waals surface area contributed by atoms with Crippen LogP contribution in [-0.2, 0) is 4.79 Å². The number of thiocarbonyl (C=S) groups is 1. The number of amides is 1. The highest BCUT2D eigenvalue weighted by molar-refractivity contribution is 7.80. The summed E-state index contributed by atoms with van der Waals surface area (Å²) in [4.78, 5) is 15.5. The molecule has 0 aromatic carbocycles. The zero-order chi connectivity index (χ0) is 15.3. The van der Waals surface area contributed by atoms with E-state index < -0.39 is 5.41 Å². The Labute approximate surface area is 129 Å². The lowest BCUT2D eigenvalue weighted by molar-refractivity contribution is -0.140. The summed E-state index contributed by atoms with van der Waals surface area (Å²) in [5, 5.41) is 0. The fraction of sp³-hybridized carbons (Fsp3) is 0.875. The van der Waals surface area contributed by atoms with Crippen molar-refractivity contribution in [2.45, 2.75) is 59.8 Å². The molecule has 1 aliphatic carbocycles. The van der Waals surface area contributed by atoms with Crippen molar-refractivity contribution in [3.05, 3.63) is 0 Å². The van der Waals surface area contributed by atoms with Crippen molar-refractivity contribution >= 4 is 23.1 Å². The van der Waals surface area contributed by atoms with E-state index in [0.717, 1.165) is 38.8 Å². The molecule has 1 aliphatic rings. The Morgan fingerprint density at radius 2 is 1.55 bits per heavy atom. The molecule has 1 rings (SSSR count). The highest BCUT2D eigenvalue weighted by Crippen LogP contribution is 2.38. The Balaban J connectivity index is 2.96. The summed E-state index contributed by atoms with van der Waals surface area (Å²) < 4.78 is 0. The standard InChI is InChI=1S/C16H30N2OS/c1-12(2)10-18(11-13(3)4)15(19)16(14(17)20)8-6-5-7-9-16/h12-13H,5-11H2,1-4H3,(H2,17,20). The van der Waals surface area contributed by atoms with E-state index >= 15 is 0 Å². The van der Waals surface area contributed by atoms with Crippen LogP contribution in [0.15, 0.2) is 0 Å². The van der Waals surface area contributed by atoms with Gasteiger partial charge in [0, 0.05) is 13.1 Å². The monoisotopic (exact) mass is 298 g/mol. The van der Waals surface area contributed by atoms with E-state index in [0.29, 0.717) is 16.8 Å². The second-order valence-electron chi connectivity index (χ2n) is 7.00. The van der Waals surface area contributed by atoms with Gasteiger partial charge in [-0.15, -0.1) is 0 Å². The largest absolute Gasteiger partial charge is 0.392 e. The summed E-state index contributed by atoms with van der Waals surface area (Å²) in [6.45, 7) is 10.2. The molecule has 0 heterocycles. The third kappa shape index (κ3) is 4.18. The molecule has 1 amide bonds. The first-order valence-corrected chi connectivity index (χ1v) is 8.29. The molecule has 0 atom stereocenters. The van der Waals surface area contributed by atoms with Crippen LogP contribution in [0.25, 0.3) is 0 Å². The highest BCUT2D eigenvalue weighted by Gasteiger charge is 2.44. The molecule has 0 unspecified atom stereocenters. The molecule has 116 valence electrons. The van der Waals surface area contributed by atoms with Crippen LogP contribution in [0.4, 0.5) is 0 Å². The van der Waals surface area contributed by atoms with Crippen LogP contribution in [0.5, 0.6) is 0 Å². The van der Waals surface area contributed by atoms with E-state index in [9.17, 15) is 4.79 Å². The molecular weight excluding hydrogens is 268 g/mol. The highest BCUT2D eigenvalue weighted by atomic mass is 32.1. The number of carbonyl (C=O) groups excluding carboxylic acids is 1. The van der Waals surface area contributed by atoms with Crippen LogP contribution in [-0.4, -0.2) is 28.9 Å². The van der Waals surface area contributed by atoms with E-state index in [-0.39, 0.29) is 5.91 Å². The minimum Gasteiger partial charge on any atom is -0.392 e. The molecule has 0 aliphatic heterocycles. The maximum atomic E-state index is 13.1. The number of hydrogen-bond acceptors (Lipinski definition) is 2. The topological polar surface area (TPSA) is 46.3 Å². The Hall–Kier alpha value is -0.640. The van der Waals surface area contributed by atoms with Crippen LogP contribution in [0.3, 0.4) is 0 Å². The summed E-state index contributed by atoms with van der Waals surface area (Å²) in [5.74, 6) is 1.10. The molecule has 0 saturated heterocycles. The van der Waals surface area contributed by atoms with E-state index in [1.165, 1.54) is 6.42 Å². The van der Waals surface area contributed by atoms with Gasteiger partial charge in [-0.3, -0.25) is 4.79 Å². The van der Waals surface area contributed by atoms with Crippen molar-refractivity contribution in [3.63, 3.8) is 0 Å². The SMILES string of the molecule is CC(C)CN(CC(C)C)C(=O)C1(C(N)=S)CCCCC1. The van der Waals surface area contributed by atoms with Gasteiger partial charge in [0.25, 0.3) is 0 Å². The summed E-state index contributed by atoms with van der Waals surface area (Å²) >= 11 is 5.28. The zero-order valence-electron chi connectivity index (χ0n) is 13.4. The van der Waals surface area contributed by atoms with Gasteiger partial charge in [-0.05, 0) is 24.7 Å². The number of hydrogen-bond donors (Lipinski definition) is 1. The van der Waals surface area contributed by atoms with Gasteiger partial charge in [0.1, 0.15) is 0 Å². The predicted octanol–water partition coefficient (Wildman–Crippen LogP) is 3.36. The van der Waals surface area contributed by atoms with Gasteiger partial charge in [0.15, 0.2) is 0 Å². The summed E-state index contributed by atoms with van der Waals surface area (Å²) in [6, 6.07) is 0. The van der Waals surface area contributed by atoms with Crippen LogP contribution < -0.4 is 5.73 Å². The van der Waals surface area contributed by atoms with E-state index in [2.05, 4.69) is 27.7 Å². The normalized spacial score (nSPS) is 18.3. The second-order valence-corrected chi connectivity index (χ2v) is 7.44. The summed E-state index contributed by atoms with van der Waals surface area (Å²) in [5.41, 5.74) is 5.41. The molecule has 20 heavy (non-hydrogen) atoms. The Morgan fingerprint density at radius 3 is 1.90 bits per heavy atom. The molecule has 0 aromatic heterocycles. The van der Waals surface area contributed by atoms with Crippen molar-refractivity contribution in [1.82, 2.24) is 4.90 Å². The number of rotatable bonds is 6. The molecule has 0 bridgehead atoms. The van der Waals surface area contributed by atoms with Gasteiger partial charge in [0.2, 0.25) is 5.91 Å². The first-order chi connectivity index (χ1) is 9.29. The third-order valence-corrected chi connectivity index (χ3v) is 4.44. The van der Waals surface area contributed by atoms with Crippen LogP contribution >= 0.6 is 12.2 Å². The molecular formula is C16H30N2OS. The summed E-state index contributed by atoms with van der Waals surface area (Å²) in [6.07, 6.45) is 4.95. The van der Waals surface area contributed by atoms with Crippen molar-refractivity contribution in [3.8, 4) is 0 Å². The maximum Gasteiger partial charge on any atom is 0.235 e. The second kappa shape index (κ2) is 7.39. The van der Waals surface area contributed by atoms with E-state index in [1.807, 2.05) is 4.90 Å². The van der Waals surface area contributed by atoms with Crippen LogP contribution in [0.2, 0.25) is 0 Å². The zero-order valence-corrected chi connectivity index (χ0v) is 14.3. The van der Waals surface area contributed by atoms with Gasteiger partial charge in [-0.25, -0.2) is 0 Å². The first-order valence-electron chi connectivity index (χ1n) is 7.89. The molecule has 0 aromatic rings. The quantitative estimate of drug-likeness (QED) is 0.765. The fourth-order valence-corrected chi connectivity index (χ4v) is 3.44. The summed E-state index contributed by atoms with van der Waals surface area (Å²) in [7, 11) is 0. The lowest BCUT2D eigenvalue weighted by atomic mass is 9.72. The smallest absolute Gasteiger partial charge is 0.235 e. The molecule has 1 saturated carbocycles. The minimum atomic E-state index is -0.572. The van der Waals surface area contributed by atoms with Crippen molar-refractivity contribution in [2.75, 3.05) is 13.1 Å². The lowest BCUT2D eigenvalue weighted by Crippen LogP contribution is -2.53. The third-order valence-electron chi connectivity index (χ3n) is 4.05. The van der Waals surface area contributed by atoms with Crippen molar-refractivity contribution in [1.29, 1.82) is 0 Å². The Kier molecular flexibility index (Phi) is 6.44. The van der Waals surface area contributed by atoms with E-state index in [1.54, 1.807) is 0 Å². The fourth-order valence-electron chi connectivity index (χ4n) is 3.15. The van der Waals surface area contributed by atoms with Crippen LogP contribution in [0.1, 0.15) is 59.8 Å². The number of nitrogens with two attached hydrogens (primary N) is 1. The number of nitrogens with zero attached hydrogens (tertiary/aromatic N) is 1. The Bertz CT molecular complexity index is 336. The maximum absolute atomic E-state index is 13.1. The Morgan fingerprint density at radius 1 is 1.10 bits per heavy atom. The number of carbonyl (C=O) groups is 1. The molecule has 2 N–H and O–H groups in total. The van der Waals surface area contributed by atoms with Crippen molar-refractivity contribution < 1.29 is 4.79 Å². The molecule has 0 spiro atoms. The van der Waals surface area contributed by atoms with E-state index in [4.69, 9.17) is 18.0 Å². The lowest BCUT2D eigenvalue weighted by Gasteiger charge is -2.40. The van der Waals surface area contributed by atoms with Gasteiger partial charge in [0.05, 0.1) is 10.4 Å². The van der Waals surface area contributed by atoms with Crippen LogP contribution in [0, 0.1) is 17.3 Å². The minimum absolute atomic E-state index is 0.173. The molecule has 1 fully saturated rings. The van der Waals surface area contributed by atoms with Gasteiger partial charge in [-0.2, -0.15) is 0 Å². The molecule has 3 nitrogen and oxygen atoms in total. The first kappa shape index (κ1) is 17.4. The van der Waals surface area contributed by atoms with Gasteiger partial charge < -0.3 is 10.6 Å². The average Bonchev–Trinajstić information content (AvgIpc) is 2.36. The van der Waals surface area contributed by atoms with Gasteiger partial charge >= 0.3 is 0 Å². The van der Waals surface area contributed by atoms with Crippen molar-refractivity contribution in [2.24, 2.45) is 23.0 Å². The predicted molar refractivity (Wildman–Crippen MR) is 88.6 cm³/mol. The molecule has 4 heteroatoms. The average molecular weight is 298 g/mol. The molecule has 0 radical (unpaired) electrons.